The van der Waals surface area contributed by atoms with Crippen molar-refractivity contribution >= 4 is 17.5 Å². The average molecular weight is 453 g/mol. The van der Waals surface area contributed by atoms with E-state index in [1.165, 1.54) is 12.8 Å². The highest BCUT2D eigenvalue weighted by Crippen LogP contribution is 2.26. The van der Waals surface area contributed by atoms with Crippen molar-refractivity contribution in [2.45, 2.75) is 85.2 Å². The van der Waals surface area contributed by atoms with Crippen LogP contribution in [0, 0.1) is 5.92 Å². The van der Waals surface area contributed by atoms with Crippen molar-refractivity contribution in [3.8, 4) is 0 Å². The molecule has 6 nitrogen and oxygen atoms in total. The van der Waals surface area contributed by atoms with Crippen LogP contribution >= 0.6 is 0 Å². The minimum atomic E-state index is 0.00549. The molecule has 0 N–H and O–H groups in total. The van der Waals surface area contributed by atoms with Gasteiger partial charge in [0.15, 0.2) is 0 Å². The van der Waals surface area contributed by atoms with Crippen molar-refractivity contribution < 1.29 is 9.59 Å². The first-order chi connectivity index (χ1) is 15.9. The van der Waals surface area contributed by atoms with Crippen LogP contribution in [-0.4, -0.2) is 39.6 Å². The Labute approximate surface area is 199 Å². The molecule has 0 aliphatic carbocycles. The third-order valence-electron chi connectivity index (χ3n) is 6.25. The molecule has 0 saturated carbocycles. The first kappa shape index (κ1) is 25.0. The highest BCUT2D eigenvalue weighted by atomic mass is 16.2. The van der Waals surface area contributed by atoms with Gasteiger partial charge in [-0.15, -0.1) is 0 Å². The zero-order chi connectivity index (χ0) is 23.8. The first-order valence-electron chi connectivity index (χ1n) is 12.6. The van der Waals surface area contributed by atoms with Gasteiger partial charge in [-0.1, -0.05) is 57.7 Å². The van der Waals surface area contributed by atoms with Crippen LogP contribution in [0.1, 0.15) is 94.7 Å². The number of amides is 2. The second kappa shape index (κ2) is 12.0. The van der Waals surface area contributed by atoms with Crippen LogP contribution in [0.3, 0.4) is 0 Å². The number of para-hydroxylation sites is 1. The molecule has 0 saturated heterocycles. The van der Waals surface area contributed by atoms with E-state index >= 15 is 0 Å². The number of rotatable bonds is 4. The summed E-state index contributed by atoms with van der Waals surface area (Å²) in [6, 6.07) is 10.0. The number of nitrogens with zero attached hydrogens (tertiary/aromatic N) is 4. The minimum Gasteiger partial charge on any atom is -0.333 e. The van der Waals surface area contributed by atoms with E-state index in [1.54, 1.807) is 10.9 Å². The largest absolute Gasteiger partial charge is 0.333 e. The van der Waals surface area contributed by atoms with Crippen molar-refractivity contribution in [1.29, 1.82) is 0 Å². The molecule has 1 aromatic heterocycles. The fraction of sp³-hybridized carbons (Fsp3) is 0.593. The van der Waals surface area contributed by atoms with Crippen molar-refractivity contribution in [3.63, 3.8) is 0 Å². The molecule has 180 valence electrons. The standard InChI is InChI=1S/C27H40N4O2/c1-21(2)19-26(32)30-18-12-8-6-5-7-11-17-29(20-23-13-9-10-14-24(23)30)27(33)25-15-16-28-31(25)22(3)4/h9-10,13-16,21-22H,5-8,11-12,17-20H2,1-4H3. The number of aromatic nitrogens is 2. The van der Waals surface area contributed by atoms with E-state index in [0.29, 0.717) is 31.1 Å². The van der Waals surface area contributed by atoms with Gasteiger partial charge in [0.25, 0.3) is 5.91 Å². The summed E-state index contributed by atoms with van der Waals surface area (Å²) in [5, 5.41) is 4.37. The lowest BCUT2D eigenvalue weighted by atomic mass is 10.1. The minimum absolute atomic E-state index is 0.00549. The van der Waals surface area contributed by atoms with E-state index in [2.05, 4.69) is 25.0 Å². The van der Waals surface area contributed by atoms with E-state index in [4.69, 9.17) is 0 Å². The molecule has 6 heteroatoms. The maximum Gasteiger partial charge on any atom is 0.272 e. The van der Waals surface area contributed by atoms with Gasteiger partial charge in [-0.3, -0.25) is 14.3 Å². The number of fused-ring (bicyclic) bond motifs is 1. The average Bonchev–Trinajstić information content (AvgIpc) is 3.27. The summed E-state index contributed by atoms with van der Waals surface area (Å²) >= 11 is 0. The third kappa shape index (κ3) is 6.68. The molecular formula is C27H40N4O2. The van der Waals surface area contributed by atoms with Crippen LogP contribution in [0.4, 0.5) is 5.69 Å². The van der Waals surface area contributed by atoms with Gasteiger partial charge in [0.2, 0.25) is 5.91 Å². The highest BCUT2D eigenvalue weighted by molar-refractivity contribution is 5.95. The van der Waals surface area contributed by atoms with E-state index in [9.17, 15) is 9.59 Å². The number of carbonyl (C=O) groups excluding carboxylic acids is 2. The molecule has 0 fully saturated rings. The Morgan fingerprint density at radius 2 is 1.58 bits per heavy atom. The SMILES string of the molecule is CC(C)CC(=O)N1CCCCCCCCN(C(=O)c2ccnn2C(C)C)Cc2ccccc21. The van der Waals surface area contributed by atoms with Gasteiger partial charge in [-0.2, -0.15) is 5.10 Å². The fourth-order valence-electron chi connectivity index (χ4n) is 4.54. The predicted molar refractivity (Wildman–Crippen MR) is 133 cm³/mol. The zero-order valence-corrected chi connectivity index (χ0v) is 20.8. The molecule has 0 unspecified atom stereocenters. The fourth-order valence-corrected chi connectivity index (χ4v) is 4.54. The number of anilines is 1. The Kier molecular flexibility index (Phi) is 9.10. The van der Waals surface area contributed by atoms with Gasteiger partial charge in [0.1, 0.15) is 5.69 Å². The smallest absolute Gasteiger partial charge is 0.272 e. The normalized spacial score (nSPS) is 16.2. The molecule has 33 heavy (non-hydrogen) atoms. The molecular weight excluding hydrogens is 412 g/mol. The van der Waals surface area contributed by atoms with E-state index in [0.717, 1.165) is 43.5 Å². The number of hydrogen-bond donors (Lipinski definition) is 0. The van der Waals surface area contributed by atoms with E-state index < -0.39 is 0 Å². The van der Waals surface area contributed by atoms with Gasteiger partial charge in [0, 0.05) is 44.0 Å². The van der Waals surface area contributed by atoms with Gasteiger partial charge >= 0.3 is 0 Å². The lowest BCUT2D eigenvalue weighted by molar-refractivity contribution is -0.119. The summed E-state index contributed by atoms with van der Waals surface area (Å²) in [6.07, 6.45) is 8.81. The van der Waals surface area contributed by atoms with E-state index in [1.807, 2.05) is 47.9 Å². The number of hydrogen-bond acceptors (Lipinski definition) is 3. The summed E-state index contributed by atoms with van der Waals surface area (Å²) in [5.41, 5.74) is 2.59. The molecule has 2 heterocycles. The molecule has 0 spiro atoms. The van der Waals surface area contributed by atoms with Crippen molar-refractivity contribution in [1.82, 2.24) is 14.7 Å². The molecule has 1 aliphatic rings. The first-order valence-corrected chi connectivity index (χ1v) is 12.6. The van der Waals surface area contributed by atoms with Crippen LogP contribution in [0.15, 0.2) is 36.5 Å². The Hall–Kier alpha value is -2.63. The summed E-state index contributed by atoms with van der Waals surface area (Å²) in [5.74, 6) is 0.484. The highest BCUT2D eigenvalue weighted by Gasteiger charge is 2.24. The van der Waals surface area contributed by atoms with E-state index in [-0.39, 0.29) is 17.9 Å². The molecule has 0 atom stereocenters. The van der Waals surface area contributed by atoms with Crippen LogP contribution in [0.25, 0.3) is 0 Å². The quantitative estimate of drug-likeness (QED) is 0.585. The second-order valence-electron chi connectivity index (χ2n) is 9.87. The maximum atomic E-state index is 13.6. The zero-order valence-electron chi connectivity index (χ0n) is 20.8. The Bertz CT molecular complexity index is 918. The monoisotopic (exact) mass is 452 g/mol. The van der Waals surface area contributed by atoms with Gasteiger partial charge in [-0.25, -0.2) is 0 Å². The Morgan fingerprint density at radius 1 is 0.909 bits per heavy atom. The Morgan fingerprint density at radius 3 is 2.27 bits per heavy atom. The van der Waals surface area contributed by atoms with Crippen LogP contribution < -0.4 is 4.90 Å². The maximum absolute atomic E-state index is 13.6. The number of carbonyl (C=O) groups is 2. The van der Waals surface area contributed by atoms with Crippen molar-refractivity contribution in [2.24, 2.45) is 5.92 Å². The summed E-state index contributed by atoms with van der Waals surface area (Å²) < 4.78 is 1.80. The molecule has 2 aromatic rings. The van der Waals surface area contributed by atoms with Crippen LogP contribution in [-0.2, 0) is 11.3 Å². The third-order valence-corrected chi connectivity index (χ3v) is 6.25. The molecule has 3 rings (SSSR count). The van der Waals surface area contributed by atoms with Gasteiger partial charge in [0.05, 0.1) is 0 Å². The van der Waals surface area contributed by atoms with Crippen LogP contribution in [0.5, 0.6) is 0 Å². The van der Waals surface area contributed by atoms with Gasteiger partial charge in [-0.05, 0) is 50.3 Å². The predicted octanol–water partition coefficient (Wildman–Crippen LogP) is 5.84. The molecule has 0 bridgehead atoms. The second-order valence-corrected chi connectivity index (χ2v) is 9.87. The lowest BCUT2D eigenvalue weighted by Crippen LogP contribution is -2.36. The lowest BCUT2D eigenvalue weighted by Gasteiger charge is -2.29. The topological polar surface area (TPSA) is 58.4 Å². The Balaban J connectivity index is 1.95. The molecule has 0 radical (unpaired) electrons. The summed E-state index contributed by atoms with van der Waals surface area (Å²) in [7, 11) is 0. The van der Waals surface area contributed by atoms with Crippen molar-refractivity contribution in [2.75, 3.05) is 18.0 Å². The summed E-state index contributed by atoms with van der Waals surface area (Å²) in [6.45, 7) is 10.2. The summed E-state index contributed by atoms with van der Waals surface area (Å²) in [4.78, 5) is 30.7. The van der Waals surface area contributed by atoms with Crippen LogP contribution in [0.2, 0.25) is 0 Å². The van der Waals surface area contributed by atoms with Crippen molar-refractivity contribution in [3.05, 3.63) is 47.8 Å². The molecule has 1 aromatic carbocycles. The number of benzene rings is 1. The van der Waals surface area contributed by atoms with Gasteiger partial charge < -0.3 is 9.80 Å². The molecule has 2 amide bonds. The molecule has 1 aliphatic heterocycles.